The van der Waals surface area contributed by atoms with Gasteiger partial charge in [0.1, 0.15) is 0 Å². The van der Waals surface area contributed by atoms with Crippen LogP contribution in [0.4, 0.5) is 0 Å². The summed E-state index contributed by atoms with van der Waals surface area (Å²) in [6, 6.07) is 2.66. The van der Waals surface area contributed by atoms with E-state index in [9.17, 15) is 4.79 Å². The van der Waals surface area contributed by atoms with Crippen LogP contribution in [-0.4, -0.2) is 17.0 Å². The molecule has 1 saturated carbocycles. The summed E-state index contributed by atoms with van der Waals surface area (Å²) in [5, 5.41) is 2.94. The van der Waals surface area contributed by atoms with E-state index in [4.69, 9.17) is 0 Å². The molecule has 0 atom stereocenters. The second kappa shape index (κ2) is 4.32. The minimum atomic E-state index is 0.0712. The third-order valence-electron chi connectivity index (χ3n) is 3.18. The lowest BCUT2D eigenvalue weighted by atomic mass is 10.2. The average Bonchev–Trinajstić information content (AvgIpc) is 3.03. The minimum absolute atomic E-state index is 0.0712. The summed E-state index contributed by atoms with van der Waals surface area (Å²) in [5.41, 5.74) is 3.17. The standard InChI is InChI=1S/C13H20N2O/c1-4-7-14-13(16)12-8-9(2)15(10(12)3)11-5-6-11/h8,11H,4-7H2,1-3H3,(H,14,16). The molecule has 0 aromatic carbocycles. The number of hydrogen-bond donors (Lipinski definition) is 1. The molecule has 1 aromatic rings. The lowest BCUT2D eigenvalue weighted by Gasteiger charge is -2.07. The Morgan fingerprint density at radius 1 is 1.50 bits per heavy atom. The molecule has 1 aromatic heterocycles. The van der Waals surface area contributed by atoms with Gasteiger partial charge in [-0.2, -0.15) is 0 Å². The predicted octanol–water partition coefficient (Wildman–Crippen LogP) is 2.58. The van der Waals surface area contributed by atoms with Crippen molar-refractivity contribution in [2.75, 3.05) is 6.54 Å². The Labute approximate surface area is 96.8 Å². The molecule has 0 bridgehead atoms. The molecule has 1 aliphatic rings. The largest absolute Gasteiger partial charge is 0.352 e. The van der Waals surface area contributed by atoms with E-state index in [1.54, 1.807) is 0 Å². The topological polar surface area (TPSA) is 34.0 Å². The first-order valence-electron chi connectivity index (χ1n) is 6.11. The van der Waals surface area contributed by atoms with Crippen LogP contribution in [0, 0.1) is 13.8 Å². The van der Waals surface area contributed by atoms with Crippen molar-refractivity contribution in [1.82, 2.24) is 9.88 Å². The molecule has 1 heterocycles. The molecule has 0 saturated heterocycles. The molecule has 2 rings (SSSR count). The highest BCUT2D eigenvalue weighted by Gasteiger charge is 2.28. The zero-order valence-corrected chi connectivity index (χ0v) is 10.3. The molecule has 0 radical (unpaired) electrons. The zero-order valence-electron chi connectivity index (χ0n) is 10.3. The Balaban J connectivity index is 2.21. The lowest BCUT2D eigenvalue weighted by Crippen LogP contribution is -2.24. The third-order valence-corrected chi connectivity index (χ3v) is 3.18. The van der Waals surface area contributed by atoms with E-state index in [1.807, 2.05) is 13.0 Å². The fourth-order valence-corrected chi connectivity index (χ4v) is 2.24. The van der Waals surface area contributed by atoms with Crippen molar-refractivity contribution in [3.63, 3.8) is 0 Å². The number of nitrogens with zero attached hydrogens (tertiary/aromatic N) is 1. The van der Waals surface area contributed by atoms with Gasteiger partial charge in [-0.3, -0.25) is 4.79 Å². The first-order chi connectivity index (χ1) is 7.65. The smallest absolute Gasteiger partial charge is 0.253 e. The van der Waals surface area contributed by atoms with Gasteiger partial charge in [0.2, 0.25) is 0 Å². The van der Waals surface area contributed by atoms with Crippen LogP contribution in [0.25, 0.3) is 0 Å². The molecule has 88 valence electrons. The number of hydrogen-bond acceptors (Lipinski definition) is 1. The van der Waals surface area contributed by atoms with Crippen LogP contribution in [-0.2, 0) is 0 Å². The number of rotatable bonds is 4. The maximum Gasteiger partial charge on any atom is 0.253 e. The number of aromatic nitrogens is 1. The van der Waals surface area contributed by atoms with E-state index < -0.39 is 0 Å². The number of aryl methyl sites for hydroxylation is 1. The molecule has 1 N–H and O–H groups in total. The van der Waals surface area contributed by atoms with Crippen LogP contribution in [0.1, 0.15) is 54.0 Å². The molecule has 1 fully saturated rings. The van der Waals surface area contributed by atoms with Gasteiger partial charge in [-0.1, -0.05) is 6.92 Å². The Hall–Kier alpha value is -1.25. The summed E-state index contributed by atoms with van der Waals surface area (Å²) in [6.07, 6.45) is 3.49. The summed E-state index contributed by atoms with van der Waals surface area (Å²) >= 11 is 0. The van der Waals surface area contributed by atoms with E-state index in [-0.39, 0.29) is 5.91 Å². The maximum atomic E-state index is 11.9. The van der Waals surface area contributed by atoms with E-state index in [2.05, 4.69) is 23.7 Å². The zero-order chi connectivity index (χ0) is 11.7. The van der Waals surface area contributed by atoms with Crippen LogP contribution in [0.15, 0.2) is 6.07 Å². The fourth-order valence-electron chi connectivity index (χ4n) is 2.24. The fraction of sp³-hybridized carbons (Fsp3) is 0.615. The monoisotopic (exact) mass is 220 g/mol. The second-order valence-electron chi connectivity index (χ2n) is 4.64. The van der Waals surface area contributed by atoms with Gasteiger partial charge in [0, 0.05) is 24.0 Å². The molecule has 0 unspecified atom stereocenters. The van der Waals surface area contributed by atoms with Crippen molar-refractivity contribution < 1.29 is 4.79 Å². The number of amides is 1. The number of nitrogens with one attached hydrogen (secondary N) is 1. The molecule has 16 heavy (non-hydrogen) atoms. The highest BCUT2D eigenvalue weighted by atomic mass is 16.1. The van der Waals surface area contributed by atoms with Crippen molar-refractivity contribution in [3.8, 4) is 0 Å². The van der Waals surface area contributed by atoms with E-state index in [0.717, 1.165) is 24.2 Å². The first kappa shape index (κ1) is 11.2. The SMILES string of the molecule is CCCNC(=O)c1cc(C)n(C2CC2)c1C. The van der Waals surface area contributed by atoms with Crippen molar-refractivity contribution in [1.29, 1.82) is 0 Å². The summed E-state index contributed by atoms with van der Waals surface area (Å²) in [6.45, 7) is 6.95. The Kier molecular flexibility index (Phi) is 3.03. The summed E-state index contributed by atoms with van der Waals surface area (Å²) in [7, 11) is 0. The Morgan fingerprint density at radius 2 is 2.19 bits per heavy atom. The highest BCUT2D eigenvalue weighted by Crippen LogP contribution is 2.38. The van der Waals surface area contributed by atoms with Crippen molar-refractivity contribution in [2.45, 2.75) is 46.1 Å². The van der Waals surface area contributed by atoms with Crippen LogP contribution >= 0.6 is 0 Å². The van der Waals surface area contributed by atoms with Crippen molar-refractivity contribution >= 4 is 5.91 Å². The van der Waals surface area contributed by atoms with Crippen molar-refractivity contribution in [3.05, 3.63) is 23.0 Å². The molecule has 1 amide bonds. The lowest BCUT2D eigenvalue weighted by molar-refractivity contribution is 0.0953. The van der Waals surface area contributed by atoms with Gasteiger partial charge in [-0.25, -0.2) is 0 Å². The van der Waals surface area contributed by atoms with E-state index >= 15 is 0 Å². The van der Waals surface area contributed by atoms with Crippen LogP contribution in [0.2, 0.25) is 0 Å². The van der Waals surface area contributed by atoms with Crippen molar-refractivity contribution in [2.24, 2.45) is 0 Å². The molecule has 0 aliphatic heterocycles. The molecular weight excluding hydrogens is 200 g/mol. The Bertz CT molecular complexity index is 402. The van der Waals surface area contributed by atoms with E-state index in [1.165, 1.54) is 18.5 Å². The van der Waals surface area contributed by atoms with Gasteiger partial charge < -0.3 is 9.88 Å². The summed E-state index contributed by atoms with van der Waals surface area (Å²) < 4.78 is 2.31. The van der Waals surface area contributed by atoms with E-state index in [0.29, 0.717) is 6.04 Å². The summed E-state index contributed by atoms with van der Waals surface area (Å²) in [4.78, 5) is 11.9. The third kappa shape index (κ3) is 1.99. The molecule has 1 aliphatic carbocycles. The van der Waals surface area contributed by atoms with Gasteiger partial charge in [0.15, 0.2) is 0 Å². The van der Waals surface area contributed by atoms with Gasteiger partial charge in [-0.05, 0) is 39.2 Å². The van der Waals surface area contributed by atoms with Crippen LogP contribution in [0.3, 0.4) is 0 Å². The average molecular weight is 220 g/mol. The highest BCUT2D eigenvalue weighted by molar-refractivity contribution is 5.95. The second-order valence-corrected chi connectivity index (χ2v) is 4.64. The van der Waals surface area contributed by atoms with Crippen LogP contribution < -0.4 is 5.32 Å². The number of carbonyl (C=O) groups is 1. The molecule has 3 heteroatoms. The molecular formula is C13H20N2O. The van der Waals surface area contributed by atoms with Gasteiger partial charge in [-0.15, -0.1) is 0 Å². The minimum Gasteiger partial charge on any atom is -0.352 e. The quantitative estimate of drug-likeness (QED) is 0.831. The van der Waals surface area contributed by atoms with Crippen LogP contribution in [0.5, 0.6) is 0 Å². The number of carbonyl (C=O) groups excluding carboxylic acids is 1. The maximum absolute atomic E-state index is 11.9. The molecule has 3 nitrogen and oxygen atoms in total. The molecule has 0 spiro atoms. The normalized spacial score (nSPS) is 15.2. The van der Waals surface area contributed by atoms with Gasteiger partial charge in [0.25, 0.3) is 5.91 Å². The first-order valence-corrected chi connectivity index (χ1v) is 6.11. The summed E-state index contributed by atoms with van der Waals surface area (Å²) in [5.74, 6) is 0.0712. The van der Waals surface area contributed by atoms with Gasteiger partial charge >= 0.3 is 0 Å². The predicted molar refractivity (Wildman–Crippen MR) is 64.8 cm³/mol. The van der Waals surface area contributed by atoms with Gasteiger partial charge in [0.05, 0.1) is 5.56 Å². The Morgan fingerprint density at radius 3 is 2.75 bits per heavy atom.